The number of rotatable bonds is 3. The normalized spacial score (nSPS) is 12.1. The predicted octanol–water partition coefficient (Wildman–Crippen LogP) is 1.86. The van der Waals surface area contributed by atoms with Crippen LogP contribution in [0.25, 0.3) is 0 Å². The first-order valence-electron chi connectivity index (χ1n) is 5.85. The number of nitrogens with zero attached hydrogens (tertiary/aromatic N) is 1. The Balaban J connectivity index is 2.60. The van der Waals surface area contributed by atoms with E-state index in [1.807, 2.05) is 20.8 Å². The highest BCUT2D eigenvalue weighted by Crippen LogP contribution is 2.13. The monoisotopic (exact) mass is 265 g/mol. The Morgan fingerprint density at radius 3 is 2.42 bits per heavy atom. The summed E-state index contributed by atoms with van der Waals surface area (Å²) in [5, 5.41) is 14.0. The van der Waals surface area contributed by atoms with Crippen LogP contribution in [-0.2, 0) is 6.42 Å². The van der Waals surface area contributed by atoms with Crippen molar-refractivity contribution < 1.29 is 14.7 Å². The van der Waals surface area contributed by atoms with Crippen LogP contribution in [0.4, 0.5) is 4.79 Å². The Labute approximate surface area is 112 Å². The third kappa shape index (κ3) is 5.76. The number of amides is 1. The number of benzene rings is 1. The van der Waals surface area contributed by atoms with Crippen LogP contribution >= 0.6 is 0 Å². The lowest BCUT2D eigenvalue weighted by Gasteiger charge is -2.19. The maximum atomic E-state index is 11.5. The molecule has 0 aliphatic carbocycles. The van der Waals surface area contributed by atoms with E-state index in [0.29, 0.717) is 12.2 Å². The Morgan fingerprint density at radius 1 is 1.37 bits per heavy atom. The van der Waals surface area contributed by atoms with E-state index in [1.54, 1.807) is 24.3 Å². The summed E-state index contributed by atoms with van der Waals surface area (Å²) in [7, 11) is 0. The number of amidine groups is 1. The van der Waals surface area contributed by atoms with Gasteiger partial charge < -0.3 is 21.0 Å². The summed E-state index contributed by atoms with van der Waals surface area (Å²) < 4.78 is 5.12. The van der Waals surface area contributed by atoms with Gasteiger partial charge in [-0.3, -0.25) is 0 Å². The van der Waals surface area contributed by atoms with Gasteiger partial charge in [-0.25, -0.2) is 4.79 Å². The van der Waals surface area contributed by atoms with E-state index in [0.717, 1.165) is 5.56 Å². The van der Waals surface area contributed by atoms with E-state index in [-0.39, 0.29) is 11.4 Å². The second kappa shape index (κ2) is 6.08. The van der Waals surface area contributed by atoms with Gasteiger partial charge in [-0.1, -0.05) is 17.3 Å². The molecule has 0 aromatic heterocycles. The molecule has 0 fully saturated rings. The van der Waals surface area contributed by atoms with E-state index < -0.39 is 6.09 Å². The van der Waals surface area contributed by atoms with Crippen molar-refractivity contribution in [2.45, 2.75) is 32.7 Å². The molecule has 1 aromatic rings. The molecule has 6 heteroatoms. The molecule has 0 heterocycles. The molecule has 0 spiro atoms. The molecule has 0 saturated carbocycles. The van der Waals surface area contributed by atoms with Crippen LogP contribution in [0.15, 0.2) is 29.4 Å². The summed E-state index contributed by atoms with van der Waals surface area (Å²) in [4.78, 5) is 11.5. The number of nitrogens with one attached hydrogen (secondary N) is 1. The Kier molecular flexibility index (Phi) is 4.74. The van der Waals surface area contributed by atoms with Crippen molar-refractivity contribution in [2.75, 3.05) is 0 Å². The molecule has 19 heavy (non-hydrogen) atoms. The molecule has 104 valence electrons. The lowest BCUT2D eigenvalue weighted by Crippen LogP contribution is -2.42. The fourth-order valence-electron chi connectivity index (χ4n) is 1.36. The number of carbonyl (C=O) groups is 1. The number of oxime groups is 1. The maximum absolute atomic E-state index is 11.5. The van der Waals surface area contributed by atoms with Crippen LogP contribution in [0.5, 0.6) is 5.75 Å². The van der Waals surface area contributed by atoms with Gasteiger partial charge >= 0.3 is 6.09 Å². The molecule has 1 amide bonds. The maximum Gasteiger partial charge on any atom is 0.413 e. The topological polar surface area (TPSA) is 96.9 Å². The zero-order chi connectivity index (χ0) is 14.5. The average molecular weight is 265 g/mol. The largest absolute Gasteiger partial charge is 0.413 e. The number of nitrogens with two attached hydrogens (primary N) is 1. The van der Waals surface area contributed by atoms with Gasteiger partial charge in [0.15, 0.2) is 0 Å². The lowest BCUT2D eigenvalue weighted by atomic mass is 10.1. The Morgan fingerprint density at radius 2 is 1.95 bits per heavy atom. The highest BCUT2D eigenvalue weighted by Gasteiger charge is 2.15. The van der Waals surface area contributed by atoms with Crippen molar-refractivity contribution in [1.82, 2.24) is 5.32 Å². The third-order valence-electron chi connectivity index (χ3n) is 2.12. The molecule has 1 rings (SSSR count). The molecule has 0 aliphatic heterocycles. The second-order valence-corrected chi connectivity index (χ2v) is 5.18. The molecule has 0 unspecified atom stereocenters. The summed E-state index contributed by atoms with van der Waals surface area (Å²) in [6.45, 7) is 5.61. The molecule has 4 N–H and O–H groups in total. The van der Waals surface area contributed by atoms with Gasteiger partial charge in [0.25, 0.3) is 0 Å². The van der Waals surface area contributed by atoms with Gasteiger partial charge in [0.2, 0.25) is 0 Å². The van der Waals surface area contributed by atoms with E-state index in [9.17, 15) is 4.79 Å². The van der Waals surface area contributed by atoms with Crippen LogP contribution < -0.4 is 15.8 Å². The number of carbonyl (C=O) groups excluding carboxylic acids is 1. The van der Waals surface area contributed by atoms with Gasteiger partial charge in [0, 0.05) is 12.0 Å². The fraction of sp³-hybridized carbons (Fsp3) is 0.385. The summed E-state index contributed by atoms with van der Waals surface area (Å²) in [5.74, 6) is 0.559. The van der Waals surface area contributed by atoms with Gasteiger partial charge in [-0.15, -0.1) is 0 Å². The minimum Gasteiger partial charge on any atom is -0.410 e. The Bertz CT molecular complexity index is 461. The number of hydrogen-bond donors (Lipinski definition) is 3. The third-order valence-corrected chi connectivity index (χ3v) is 2.12. The molecule has 1 aromatic carbocycles. The zero-order valence-electron chi connectivity index (χ0n) is 11.3. The molecule has 0 bridgehead atoms. The standard InChI is InChI=1S/C13H19N3O3/c1-13(2,3)15-12(17)19-10-6-4-9(5-7-10)8-11(14)16-18/h4-7,18H,8H2,1-3H3,(H2,14,16)(H,15,17). The second-order valence-electron chi connectivity index (χ2n) is 5.18. The zero-order valence-corrected chi connectivity index (χ0v) is 11.3. The predicted molar refractivity (Wildman–Crippen MR) is 72.5 cm³/mol. The molecular formula is C13H19N3O3. The van der Waals surface area contributed by atoms with Crippen molar-refractivity contribution >= 4 is 11.9 Å². The minimum absolute atomic E-state index is 0.124. The highest BCUT2D eigenvalue weighted by atomic mass is 16.6. The molecule has 0 aliphatic rings. The first kappa shape index (κ1) is 14.8. The van der Waals surface area contributed by atoms with Crippen LogP contribution in [0.3, 0.4) is 0 Å². The summed E-state index contributed by atoms with van der Waals surface area (Å²) in [5.41, 5.74) is 5.91. The van der Waals surface area contributed by atoms with Crippen LogP contribution in [-0.4, -0.2) is 22.7 Å². The van der Waals surface area contributed by atoms with Gasteiger partial charge in [-0.05, 0) is 38.5 Å². The SMILES string of the molecule is CC(C)(C)NC(=O)Oc1ccc(CC(N)=NO)cc1. The van der Waals surface area contributed by atoms with Crippen molar-refractivity contribution in [1.29, 1.82) is 0 Å². The van der Waals surface area contributed by atoms with E-state index in [4.69, 9.17) is 15.7 Å². The highest BCUT2D eigenvalue weighted by molar-refractivity contribution is 5.82. The average Bonchev–Trinajstić information content (AvgIpc) is 2.29. The van der Waals surface area contributed by atoms with Gasteiger partial charge in [-0.2, -0.15) is 0 Å². The number of hydrogen-bond acceptors (Lipinski definition) is 4. The van der Waals surface area contributed by atoms with E-state index in [1.165, 1.54) is 0 Å². The fourth-order valence-corrected chi connectivity index (χ4v) is 1.36. The lowest BCUT2D eigenvalue weighted by molar-refractivity contribution is 0.190. The quantitative estimate of drug-likeness (QED) is 0.336. The summed E-state index contributed by atoms with van der Waals surface area (Å²) in [6, 6.07) is 6.81. The van der Waals surface area contributed by atoms with Gasteiger partial charge in [0.1, 0.15) is 11.6 Å². The van der Waals surface area contributed by atoms with Crippen molar-refractivity contribution in [3.8, 4) is 5.75 Å². The van der Waals surface area contributed by atoms with Crippen molar-refractivity contribution in [3.05, 3.63) is 29.8 Å². The summed E-state index contributed by atoms with van der Waals surface area (Å²) >= 11 is 0. The molecule has 0 saturated heterocycles. The van der Waals surface area contributed by atoms with Crippen molar-refractivity contribution in [2.24, 2.45) is 10.9 Å². The first-order chi connectivity index (χ1) is 8.80. The molecular weight excluding hydrogens is 246 g/mol. The molecule has 0 radical (unpaired) electrons. The first-order valence-corrected chi connectivity index (χ1v) is 5.85. The van der Waals surface area contributed by atoms with Crippen molar-refractivity contribution in [3.63, 3.8) is 0 Å². The van der Waals surface area contributed by atoms with E-state index in [2.05, 4.69) is 10.5 Å². The summed E-state index contributed by atoms with van der Waals surface area (Å²) in [6.07, 6.45) is -0.165. The minimum atomic E-state index is -0.503. The van der Waals surface area contributed by atoms with Crippen LogP contribution in [0.2, 0.25) is 0 Å². The smallest absolute Gasteiger partial charge is 0.410 e. The van der Waals surface area contributed by atoms with E-state index >= 15 is 0 Å². The van der Waals surface area contributed by atoms with Gasteiger partial charge in [0.05, 0.1) is 0 Å². The Hall–Kier alpha value is -2.24. The number of ether oxygens (including phenoxy) is 1. The van der Waals surface area contributed by atoms with Crippen LogP contribution in [0, 0.1) is 0 Å². The van der Waals surface area contributed by atoms with Crippen LogP contribution in [0.1, 0.15) is 26.3 Å². The molecule has 6 nitrogen and oxygen atoms in total. The molecule has 0 atom stereocenters.